The van der Waals surface area contributed by atoms with Crippen LogP contribution in [0, 0.1) is 5.92 Å². The third-order valence-electron chi connectivity index (χ3n) is 4.17. The molecule has 0 bridgehead atoms. The van der Waals surface area contributed by atoms with Gasteiger partial charge in [0, 0.05) is 24.4 Å². The largest absolute Gasteiger partial charge is 0.427 e. The van der Waals surface area contributed by atoms with Gasteiger partial charge in [-0.15, -0.1) is 0 Å². The molecule has 1 unspecified atom stereocenters. The van der Waals surface area contributed by atoms with E-state index in [1.165, 1.54) is 18.5 Å². The van der Waals surface area contributed by atoms with E-state index < -0.39 is 8.07 Å². The SMILES string of the molecule is CC(=O)Oc1ccc(C(c2ccccn2)[Si](C)(C)CC(C)C)cc1. The molecule has 0 saturated heterocycles. The number of esters is 1. The number of rotatable bonds is 6. The summed E-state index contributed by atoms with van der Waals surface area (Å²) in [4.78, 5) is 15.8. The molecule has 2 aromatic rings. The molecule has 1 heterocycles. The number of carbonyl (C=O) groups is 1. The first-order valence-corrected chi connectivity index (χ1v) is 11.8. The average molecular weight is 342 g/mol. The van der Waals surface area contributed by atoms with Gasteiger partial charge in [-0.25, -0.2) is 0 Å². The summed E-state index contributed by atoms with van der Waals surface area (Å²) in [7, 11) is -1.60. The molecule has 0 N–H and O–H groups in total. The maximum Gasteiger partial charge on any atom is 0.308 e. The third-order valence-corrected chi connectivity index (χ3v) is 8.24. The van der Waals surface area contributed by atoms with Crippen LogP contribution in [0.1, 0.15) is 37.6 Å². The second kappa shape index (κ2) is 7.75. The van der Waals surface area contributed by atoms with Crippen molar-refractivity contribution in [3.8, 4) is 5.75 Å². The Labute approximate surface area is 146 Å². The number of benzene rings is 1. The lowest BCUT2D eigenvalue weighted by atomic mass is 10.1. The lowest BCUT2D eigenvalue weighted by molar-refractivity contribution is -0.131. The van der Waals surface area contributed by atoms with Gasteiger partial charge in [0.15, 0.2) is 0 Å². The van der Waals surface area contributed by atoms with E-state index in [1.807, 2.05) is 24.4 Å². The molecular weight excluding hydrogens is 314 g/mol. The van der Waals surface area contributed by atoms with Crippen LogP contribution in [0.3, 0.4) is 0 Å². The first kappa shape index (κ1) is 18.4. The van der Waals surface area contributed by atoms with Gasteiger partial charge in [0.25, 0.3) is 0 Å². The van der Waals surface area contributed by atoms with Crippen LogP contribution in [0.4, 0.5) is 0 Å². The Morgan fingerprint density at radius 3 is 2.29 bits per heavy atom. The summed E-state index contributed by atoms with van der Waals surface area (Å²) in [5, 5.41) is 0. The highest BCUT2D eigenvalue weighted by Gasteiger charge is 2.35. The van der Waals surface area contributed by atoms with Gasteiger partial charge in [-0.05, 0) is 35.7 Å². The molecule has 1 aromatic carbocycles. The molecule has 1 aromatic heterocycles. The highest BCUT2D eigenvalue weighted by atomic mass is 28.3. The number of pyridine rings is 1. The number of hydrogen-bond donors (Lipinski definition) is 0. The van der Waals surface area contributed by atoms with E-state index in [0.29, 0.717) is 17.2 Å². The number of hydrogen-bond acceptors (Lipinski definition) is 3. The first-order chi connectivity index (χ1) is 11.3. The van der Waals surface area contributed by atoms with Crippen LogP contribution in [-0.2, 0) is 4.79 Å². The van der Waals surface area contributed by atoms with Crippen molar-refractivity contribution in [2.24, 2.45) is 5.92 Å². The Hall–Kier alpha value is -1.94. The van der Waals surface area contributed by atoms with Crippen LogP contribution >= 0.6 is 0 Å². The first-order valence-electron chi connectivity index (χ1n) is 8.49. The fourth-order valence-electron chi connectivity index (χ4n) is 3.63. The maximum absolute atomic E-state index is 11.1. The second-order valence-corrected chi connectivity index (χ2v) is 12.4. The Kier molecular flexibility index (Phi) is 5.94. The number of ether oxygens (including phenoxy) is 1. The van der Waals surface area contributed by atoms with Crippen LogP contribution in [0.2, 0.25) is 19.1 Å². The van der Waals surface area contributed by atoms with E-state index in [2.05, 4.69) is 56.2 Å². The Morgan fingerprint density at radius 2 is 1.79 bits per heavy atom. The predicted molar refractivity (Wildman–Crippen MR) is 101 cm³/mol. The summed E-state index contributed by atoms with van der Waals surface area (Å²) >= 11 is 0. The second-order valence-electron chi connectivity index (χ2n) is 7.44. The molecule has 128 valence electrons. The van der Waals surface area contributed by atoms with Crippen LogP contribution in [0.25, 0.3) is 0 Å². The minimum atomic E-state index is -1.60. The smallest absolute Gasteiger partial charge is 0.308 e. The molecule has 0 fully saturated rings. The number of carbonyl (C=O) groups excluding carboxylic acids is 1. The molecule has 2 rings (SSSR count). The molecule has 0 saturated carbocycles. The van der Waals surface area contributed by atoms with Crippen LogP contribution in [0.15, 0.2) is 48.7 Å². The van der Waals surface area contributed by atoms with Gasteiger partial charge >= 0.3 is 5.97 Å². The highest BCUT2D eigenvalue weighted by Crippen LogP contribution is 2.37. The van der Waals surface area contributed by atoms with E-state index >= 15 is 0 Å². The monoisotopic (exact) mass is 341 g/mol. The minimum absolute atomic E-state index is 0.293. The third kappa shape index (κ3) is 4.77. The van der Waals surface area contributed by atoms with E-state index in [4.69, 9.17) is 4.74 Å². The van der Waals surface area contributed by atoms with Gasteiger partial charge in [0.1, 0.15) is 5.75 Å². The lowest BCUT2D eigenvalue weighted by Gasteiger charge is -2.34. The van der Waals surface area contributed by atoms with Crippen molar-refractivity contribution in [3.63, 3.8) is 0 Å². The number of nitrogens with zero attached hydrogens (tertiary/aromatic N) is 1. The Morgan fingerprint density at radius 1 is 1.12 bits per heavy atom. The highest BCUT2D eigenvalue weighted by molar-refractivity contribution is 6.79. The summed E-state index contributed by atoms with van der Waals surface area (Å²) in [6, 6.07) is 15.3. The van der Waals surface area contributed by atoms with E-state index in [0.717, 1.165) is 5.69 Å². The molecule has 0 radical (unpaired) electrons. The average Bonchev–Trinajstić information content (AvgIpc) is 2.48. The fraction of sp³-hybridized carbons (Fsp3) is 0.400. The van der Waals surface area contributed by atoms with Crippen molar-refractivity contribution in [1.82, 2.24) is 4.98 Å². The van der Waals surface area contributed by atoms with Gasteiger partial charge in [-0.2, -0.15) is 0 Å². The van der Waals surface area contributed by atoms with Crippen LogP contribution < -0.4 is 4.74 Å². The quantitative estimate of drug-likeness (QED) is 0.420. The van der Waals surface area contributed by atoms with Crippen LogP contribution in [-0.4, -0.2) is 19.0 Å². The molecule has 0 aliphatic heterocycles. The fourth-order valence-corrected chi connectivity index (χ4v) is 8.04. The summed E-state index contributed by atoms with van der Waals surface area (Å²) in [5.41, 5.74) is 2.71. The normalized spacial score (nSPS) is 12.9. The molecule has 1 atom stereocenters. The topological polar surface area (TPSA) is 39.2 Å². The molecular formula is C20H27NO2Si. The van der Waals surface area contributed by atoms with Gasteiger partial charge in [-0.3, -0.25) is 9.78 Å². The van der Waals surface area contributed by atoms with Gasteiger partial charge in [0.05, 0.1) is 8.07 Å². The van der Waals surface area contributed by atoms with E-state index in [1.54, 1.807) is 0 Å². The predicted octanol–water partition coefficient (Wildman–Crippen LogP) is 5.04. The van der Waals surface area contributed by atoms with Crippen molar-refractivity contribution in [3.05, 3.63) is 59.9 Å². The lowest BCUT2D eigenvalue weighted by Crippen LogP contribution is -2.37. The summed E-state index contributed by atoms with van der Waals surface area (Å²) in [6.07, 6.45) is 1.87. The summed E-state index contributed by atoms with van der Waals surface area (Å²) in [5.74, 6) is 0.964. The zero-order chi connectivity index (χ0) is 17.7. The molecule has 4 heteroatoms. The zero-order valence-electron chi connectivity index (χ0n) is 15.2. The van der Waals surface area contributed by atoms with Gasteiger partial charge in [-0.1, -0.05) is 51.2 Å². The molecule has 0 aliphatic carbocycles. The molecule has 0 aliphatic rings. The van der Waals surface area contributed by atoms with Crippen LogP contribution in [0.5, 0.6) is 5.75 Å². The van der Waals surface area contributed by atoms with E-state index in [-0.39, 0.29) is 5.97 Å². The Bertz CT molecular complexity index is 666. The van der Waals surface area contributed by atoms with Crippen molar-refractivity contribution >= 4 is 14.0 Å². The molecule has 0 spiro atoms. The van der Waals surface area contributed by atoms with Crippen molar-refractivity contribution in [2.45, 2.75) is 45.5 Å². The summed E-state index contributed by atoms with van der Waals surface area (Å²) < 4.78 is 5.16. The van der Waals surface area contributed by atoms with Crippen molar-refractivity contribution in [1.29, 1.82) is 0 Å². The number of aromatic nitrogens is 1. The van der Waals surface area contributed by atoms with E-state index in [9.17, 15) is 4.79 Å². The van der Waals surface area contributed by atoms with Crippen molar-refractivity contribution < 1.29 is 9.53 Å². The Balaban J connectivity index is 2.41. The molecule has 3 nitrogen and oxygen atoms in total. The minimum Gasteiger partial charge on any atom is -0.427 e. The van der Waals surface area contributed by atoms with Crippen molar-refractivity contribution in [2.75, 3.05) is 0 Å². The zero-order valence-corrected chi connectivity index (χ0v) is 16.2. The maximum atomic E-state index is 11.1. The molecule has 0 amide bonds. The van der Waals surface area contributed by atoms with Gasteiger partial charge in [0.2, 0.25) is 0 Å². The molecule has 24 heavy (non-hydrogen) atoms. The van der Waals surface area contributed by atoms with Gasteiger partial charge < -0.3 is 4.74 Å². The summed E-state index contributed by atoms with van der Waals surface area (Å²) in [6.45, 7) is 10.9. The standard InChI is InChI=1S/C20H27NO2Si/c1-15(2)14-24(4,5)20(19-8-6-7-13-21-19)17-9-11-18(12-10-17)23-16(3)22/h6-13,15,20H,14H2,1-5H3.